The van der Waals surface area contributed by atoms with Crippen LogP contribution in [0.5, 0.6) is 0 Å². The van der Waals surface area contributed by atoms with Crippen LogP contribution in [0.4, 0.5) is 21.7 Å². The number of nitrogens with two attached hydrogens (primary N) is 1. The lowest BCUT2D eigenvalue weighted by Gasteiger charge is -2.06. The van der Waals surface area contributed by atoms with E-state index in [9.17, 15) is 4.39 Å². The van der Waals surface area contributed by atoms with Crippen molar-refractivity contribution in [3.05, 3.63) is 41.7 Å². The van der Waals surface area contributed by atoms with E-state index in [1.807, 2.05) is 0 Å². The number of rotatable bonds is 2. The second-order valence-electron chi connectivity index (χ2n) is 3.43. The maximum absolute atomic E-state index is 13.0. The molecule has 0 fully saturated rings. The highest BCUT2D eigenvalue weighted by Crippen LogP contribution is 2.17. The van der Waals surface area contributed by atoms with Crippen molar-refractivity contribution in [3.8, 4) is 0 Å². The first-order chi connectivity index (χ1) is 7.65. The Kier molecular flexibility index (Phi) is 2.68. The summed E-state index contributed by atoms with van der Waals surface area (Å²) in [5, 5.41) is 10.6. The van der Waals surface area contributed by atoms with E-state index in [4.69, 9.17) is 5.73 Å². The Morgan fingerprint density at radius 3 is 2.62 bits per heavy atom. The number of halogens is 1. The second kappa shape index (κ2) is 4.14. The van der Waals surface area contributed by atoms with E-state index >= 15 is 0 Å². The first kappa shape index (κ1) is 10.4. The van der Waals surface area contributed by atoms with Crippen LogP contribution in [-0.4, -0.2) is 10.2 Å². The van der Waals surface area contributed by atoms with Gasteiger partial charge < -0.3 is 11.1 Å². The molecule has 0 bridgehead atoms. The Bertz CT molecular complexity index is 496. The van der Waals surface area contributed by atoms with Crippen molar-refractivity contribution in [3.63, 3.8) is 0 Å². The maximum atomic E-state index is 13.0. The Hall–Kier alpha value is -2.17. The molecule has 0 saturated heterocycles. The van der Waals surface area contributed by atoms with Crippen molar-refractivity contribution in [2.24, 2.45) is 0 Å². The van der Waals surface area contributed by atoms with Gasteiger partial charge in [0.2, 0.25) is 0 Å². The third-order valence-corrected chi connectivity index (χ3v) is 2.12. The number of aromatic nitrogens is 2. The minimum Gasteiger partial charge on any atom is -0.382 e. The zero-order valence-electron chi connectivity index (χ0n) is 8.74. The fourth-order valence-corrected chi connectivity index (χ4v) is 1.28. The van der Waals surface area contributed by atoms with Crippen molar-refractivity contribution < 1.29 is 4.39 Å². The van der Waals surface area contributed by atoms with Crippen LogP contribution >= 0.6 is 0 Å². The molecule has 0 radical (unpaired) electrons. The topological polar surface area (TPSA) is 63.8 Å². The van der Waals surface area contributed by atoms with Gasteiger partial charge in [-0.3, -0.25) is 0 Å². The molecule has 0 atom stereocenters. The third-order valence-electron chi connectivity index (χ3n) is 2.12. The molecule has 0 spiro atoms. The average molecular weight is 218 g/mol. The van der Waals surface area contributed by atoms with Crippen molar-refractivity contribution in [1.29, 1.82) is 0 Å². The summed E-state index contributed by atoms with van der Waals surface area (Å²) in [5.41, 5.74) is 6.75. The van der Waals surface area contributed by atoms with Crippen molar-refractivity contribution in [2.75, 3.05) is 11.1 Å². The van der Waals surface area contributed by atoms with Gasteiger partial charge in [-0.25, -0.2) is 4.39 Å². The molecule has 2 aromatic rings. The monoisotopic (exact) mass is 218 g/mol. The van der Waals surface area contributed by atoms with E-state index in [0.717, 1.165) is 5.69 Å². The maximum Gasteiger partial charge on any atom is 0.153 e. The van der Waals surface area contributed by atoms with Crippen LogP contribution in [0.1, 0.15) is 5.56 Å². The lowest BCUT2D eigenvalue weighted by atomic mass is 10.2. The summed E-state index contributed by atoms with van der Waals surface area (Å²) in [7, 11) is 0. The van der Waals surface area contributed by atoms with E-state index in [1.165, 1.54) is 6.07 Å². The predicted octanol–water partition coefficient (Wildman–Crippen LogP) is 2.25. The largest absolute Gasteiger partial charge is 0.382 e. The molecular formula is C11H11FN4. The van der Waals surface area contributed by atoms with E-state index in [-0.39, 0.29) is 5.82 Å². The van der Waals surface area contributed by atoms with Gasteiger partial charge in [0.1, 0.15) is 11.6 Å². The molecule has 0 aliphatic carbocycles. The van der Waals surface area contributed by atoms with Crippen molar-refractivity contribution >= 4 is 17.3 Å². The highest BCUT2D eigenvalue weighted by atomic mass is 19.1. The number of benzene rings is 1. The van der Waals surface area contributed by atoms with Gasteiger partial charge in [0.05, 0.1) is 0 Å². The molecule has 4 nitrogen and oxygen atoms in total. The number of hydrogen-bond donors (Lipinski definition) is 2. The SMILES string of the molecule is Cc1cc(Nc2ccc(N)nn2)ccc1F. The van der Waals surface area contributed by atoms with Crippen LogP contribution in [-0.2, 0) is 0 Å². The van der Waals surface area contributed by atoms with Gasteiger partial charge in [0.15, 0.2) is 5.82 Å². The number of nitrogens with one attached hydrogen (secondary N) is 1. The first-order valence-electron chi connectivity index (χ1n) is 4.77. The molecule has 3 N–H and O–H groups in total. The minimum atomic E-state index is -0.228. The predicted molar refractivity (Wildman–Crippen MR) is 60.9 cm³/mol. The summed E-state index contributed by atoms with van der Waals surface area (Å²) in [6.07, 6.45) is 0. The fourth-order valence-electron chi connectivity index (χ4n) is 1.28. The summed E-state index contributed by atoms with van der Waals surface area (Å²) in [6.45, 7) is 1.70. The Morgan fingerprint density at radius 1 is 1.19 bits per heavy atom. The molecule has 5 heteroatoms. The molecule has 0 saturated carbocycles. The van der Waals surface area contributed by atoms with E-state index in [0.29, 0.717) is 17.2 Å². The summed E-state index contributed by atoms with van der Waals surface area (Å²) in [4.78, 5) is 0. The Labute approximate surface area is 92.3 Å². The van der Waals surface area contributed by atoms with Gasteiger partial charge in [-0.15, -0.1) is 10.2 Å². The number of aryl methyl sites for hydroxylation is 1. The average Bonchev–Trinajstić information content (AvgIpc) is 2.27. The number of anilines is 3. The summed E-state index contributed by atoms with van der Waals surface area (Å²) >= 11 is 0. The zero-order valence-corrected chi connectivity index (χ0v) is 8.74. The summed E-state index contributed by atoms with van der Waals surface area (Å²) in [5.74, 6) is 0.704. The Balaban J connectivity index is 2.20. The van der Waals surface area contributed by atoms with Gasteiger partial charge in [-0.1, -0.05) is 0 Å². The highest BCUT2D eigenvalue weighted by molar-refractivity contribution is 5.57. The summed E-state index contributed by atoms with van der Waals surface area (Å²) < 4.78 is 13.0. The molecular weight excluding hydrogens is 207 g/mol. The standard InChI is InChI=1S/C11H11FN4/c1-7-6-8(2-3-9(7)12)14-11-5-4-10(13)15-16-11/h2-6H,1H3,(H2,13,15)(H,14,16). The van der Waals surface area contributed by atoms with Crippen LogP contribution in [0.2, 0.25) is 0 Å². The molecule has 1 heterocycles. The molecule has 2 rings (SSSR count). The van der Waals surface area contributed by atoms with E-state index < -0.39 is 0 Å². The lowest BCUT2D eigenvalue weighted by Crippen LogP contribution is -1.98. The zero-order chi connectivity index (χ0) is 11.5. The smallest absolute Gasteiger partial charge is 0.153 e. The van der Waals surface area contributed by atoms with E-state index in [1.54, 1.807) is 31.2 Å². The third kappa shape index (κ3) is 2.25. The lowest BCUT2D eigenvalue weighted by molar-refractivity contribution is 0.619. The number of nitrogens with zero attached hydrogens (tertiary/aromatic N) is 2. The molecule has 0 aliphatic rings. The number of hydrogen-bond acceptors (Lipinski definition) is 4. The van der Waals surface area contributed by atoms with Crippen molar-refractivity contribution in [2.45, 2.75) is 6.92 Å². The van der Waals surface area contributed by atoms with E-state index in [2.05, 4.69) is 15.5 Å². The Morgan fingerprint density at radius 2 is 2.00 bits per heavy atom. The summed E-state index contributed by atoms with van der Waals surface area (Å²) in [6, 6.07) is 8.10. The van der Waals surface area contributed by atoms with Gasteiger partial charge in [0, 0.05) is 5.69 Å². The van der Waals surface area contributed by atoms with Gasteiger partial charge >= 0.3 is 0 Å². The van der Waals surface area contributed by atoms with Crippen LogP contribution in [0, 0.1) is 12.7 Å². The van der Waals surface area contributed by atoms with Crippen LogP contribution in [0.3, 0.4) is 0 Å². The fraction of sp³-hybridized carbons (Fsp3) is 0.0909. The highest BCUT2D eigenvalue weighted by Gasteiger charge is 2.00. The second-order valence-corrected chi connectivity index (χ2v) is 3.43. The number of nitrogen functional groups attached to an aromatic ring is 1. The first-order valence-corrected chi connectivity index (χ1v) is 4.77. The molecule has 1 aromatic carbocycles. The van der Waals surface area contributed by atoms with Crippen LogP contribution < -0.4 is 11.1 Å². The van der Waals surface area contributed by atoms with Crippen LogP contribution in [0.25, 0.3) is 0 Å². The van der Waals surface area contributed by atoms with Crippen LogP contribution in [0.15, 0.2) is 30.3 Å². The molecule has 1 aromatic heterocycles. The molecule has 0 aliphatic heterocycles. The quantitative estimate of drug-likeness (QED) is 0.811. The van der Waals surface area contributed by atoms with Gasteiger partial charge in [-0.2, -0.15) is 0 Å². The molecule has 0 amide bonds. The minimum absolute atomic E-state index is 0.228. The molecule has 82 valence electrons. The molecule has 16 heavy (non-hydrogen) atoms. The van der Waals surface area contributed by atoms with Crippen molar-refractivity contribution in [1.82, 2.24) is 10.2 Å². The van der Waals surface area contributed by atoms with Gasteiger partial charge in [-0.05, 0) is 42.8 Å². The normalized spacial score (nSPS) is 10.1. The molecule has 0 unspecified atom stereocenters. The van der Waals surface area contributed by atoms with Gasteiger partial charge in [0.25, 0.3) is 0 Å².